The highest BCUT2D eigenvalue weighted by molar-refractivity contribution is 5.82. The molecule has 0 aliphatic carbocycles. The smallest absolute Gasteiger partial charge is 0.124 e. The van der Waals surface area contributed by atoms with E-state index in [1.54, 1.807) is 31.3 Å². The molecule has 0 radical (unpaired) electrons. The summed E-state index contributed by atoms with van der Waals surface area (Å²) in [5.74, 6) is 1.44. The number of hydrogen-bond acceptors (Lipinski definition) is 7. The summed E-state index contributed by atoms with van der Waals surface area (Å²) in [6, 6.07) is 14.0. The lowest BCUT2D eigenvalue weighted by Gasteiger charge is -2.26. The quantitative estimate of drug-likeness (QED) is 0.333. The van der Waals surface area contributed by atoms with E-state index in [0.29, 0.717) is 13.1 Å². The van der Waals surface area contributed by atoms with Crippen molar-refractivity contribution in [3.05, 3.63) is 72.9 Å². The van der Waals surface area contributed by atoms with Gasteiger partial charge in [-0.3, -0.25) is 14.3 Å². The summed E-state index contributed by atoms with van der Waals surface area (Å²) in [6.45, 7) is 3.37. The second kappa shape index (κ2) is 9.46. The predicted octanol–water partition coefficient (Wildman–Crippen LogP) is 4.39. The van der Waals surface area contributed by atoms with Crippen molar-refractivity contribution in [2.45, 2.75) is 13.5 Å². The number of hydrogen-bond donors (Lipinski definition) is 0. The maximum atomic E-state index is 5.53. The van der Waals surface area contributed by atoms with Crippen molar-refractivity contribution in [3.8, 4) is 22.8 Å². The first-order valence-electron chi connectivity index (χ1n) is 11.3. The van der Waals surface area contributed by atoms with Crippen molar-refractivity contribution in [1.82, 2.24) is 29.5 Å². The molecule has 0 N–H and O–H groups in total. The van der Waals surface area contributed by atoms with Crippen molar-refractivity contribution in [2.75, 3.05) is 25.7 Å². The van der Waals surface area contributed by atoms with Crippen LogP contribution in [-0.4, -0.2) is 50.3 Å². The Bertz CT molecular complexity index is 1450. The lowest BCUT2D eigenvalue weighted by atomic mass is 10.2. The van der Waals surface area contributed by atoms with Gasteiger partial charge in [-0.1, -0.05) is 0 Å². The number of benzene rings is 2. The molecule has 0 saturated carbocycles. The minimum atomic E-state index is 0.679. The first kappa shape index (κ1) is 22.4. The Morgan fingerprint density at radius 2 is 1.71 bits per heavy atom. The van der Waals surface area contributed by atoms with Crippen LogP contribution in [0.1, 0.15) is 5.69 Å². The second-order valence-electron chi connectivity index (χ2n) is 8.27. The van der Waals surface area contributed by atoms with Gasteiger partial charge in [0.1, 0.15) is 11.5 Å². The van der Waals surface area contributed by atoms with Crippen LogP contribution in [-0.2, 0) is 13.6 Å². The van der Waals surface area contributed by atoms with Crippen molar-refractivity contribution in [2.24, 2.45) is 7.05 Å². The van der Waals surface area contributed by atoms with Gasteiger partial charge in [0.05, 0.1) is 55.6 Å². The van der Waals surface area contributed by atoms with Crippen molar-refractivity contribution >= 4 is 22.4 Å². The van der Waals surface area contributed by atoms with Crippen LogP contribution < -0.4 is 14.4 Å². The molecule has 178 valence electrons. The summed E-state index contributed by atoms with van der Waals surface area (Å²) in [5.41, 5.74) is 6.25. The Morgan fingerprint density at radius 1 is 0.914 bits per heavy atom. The molecule has 2 aromatic carbocycles. The zero-order valence-electron chi connectivity index (χ0n) is 20.2. The summed E-state index contributed by atoms with van der Waals surface area (Å²) < 4.78 is 14.8. The van der Waals surface area contributed by atoms with Crippen molar-refractivity contribution in [1.29, 1.82) is 0 Å². The summed E-state index contributed by atoms with van der Waals surface area (Å²) in [6.07, 6.45) is 7.50. The van der Waals surface area contributed by atoms with E-state index < -0.39 is 0 Å². The Balaban J connectivity index is 1.57. The number of ether oxygens (including phenoxy) is 2. The molecule has 0 amide bonds. The van der Waals surface area contributed by atoms with E-state index in [2.05, 4.69) is 32.2 Å². The average Bonchev–Trinajstić information content (AvgIpc) is 3.51. The van der Waals surface area contributed by atoms with Gasteiger partial charge in [-0.2, -0.15) is 10.2 Å². The van der Waals surface area contributed by atoms with Crippen LogP contribution in [0, 0.1) is 6.92 Å². The first-order chi connectivity index (χ1) is 17.0. The fourth-order valence-corrected chi connectivity index (χ4v) is 4.01. The molecule has 0 spiro atoms. The van der Waals surface area contributed by atoms with Crippen LogP contribution in [0.3, 0.4) is 0 Å². The van der Waals surface area contributed by atoms with Gasteiger partial charge in [0.2, 0.25) is 0 Å². The van der Waals surface area contributed by atoms with Gasteiger partial charge < -0.3 is 14.4 Å². The van der Waals surface area contributed by atoms with Gasteiger partial charge in [0.25, 0.3) is 0 Å². The normalized spacial score (nSPS) is 11.1. The van der Waals surface area contributed by atoms with E-state index in [4.69, 9.17) is 14.5 Å². The van der Waals surface area contributed by atoms with Crippen LogP contribution in [0.15, 0.2) is 67.3 Å². The van der Waals surface area contributed by atoms with E-state index in [0.717, 1.165) is 50.9 Å². The highest BCUT2D eigenvalue weighted by Gasteiger charge is 2.15. The topological polar surface area (TPSA) is 83.1 Å². The minimum absolute atomic E-state index is 0.679. The summed E-state index contributed by atoms with van der Waals surface area (Å²) in [7, 11) is 5.19. The third-order valence-electron chi connectivity index (χ3n) is 5.81. The predicted molar refractivity (Wildman–Crippen MR) is 135 cm³/mol. The molecule has 5 aromatic rings. The molecule has 9 heteroatoms. The number of aromatic nitrogens is 6. The highest BCUT2D eigenvalue weighted by atomic mass is 16.5. The van der Waals surface area contributed by atoms with Crippen LogP contribution in [0.2, 0.25) is 0 Å². The van der Waals surface area contributed by atoms with Gasteiger partial charge >= 0.3 is 0 Å². The number of aryl methyl sites for hydroxylation is 2. The third kappa shape index (κ3) is 4.79. The van der Waals surface area contributed by atoms with E-state index >= 15 is 0 Å². The lowest BCUT2D eigenvalue weighted by molar-refractivity contribution is 0.394. The molecule has 0 bridgehead atoms. The molecule has 0 aliphatic heterocycles. The summed E-state index contributed by atoms with van der Waals surface area (Å²) in [4.78, 5) is 11.7. The van der Waals surface area contributed by atoms with Crippen LogP contribution in [0.5, 0.6) is 11.5 Å². The maximum Gasteiger partial charge on any atom is 0.124 e. The van der Waals surface area contributed by atoms with Gasteiger partial charge in [0, 0.05) is 61.1 Å². The lowest BCUT2D eigenvalue weighted by Crippen LogP contribution is -2.23. The molecule has 0 fully saturated rings. The number of nitrogens with zero attached hydrogens (tertiary/aromatic N) is 7. The standard InChI is InChI=1S/C26H27N7O2/c1-18-7-8-32(30-18)9-10-33(21-11-22(34-3)14-23(12-21)35-4)20-5-6-24-25(13-20)29-26(16-27-24)19-15-28-31(2)17-19/h5-8,11-17H,9-10H2,1-4H3. The molecule has 0 unspecified atom stereocenters. The summed E-state index contributed by atoms with van der Waals surface area (Å²) in [5, 5.41) is 8.80. The van der Waals surface area contributed by atoms with Crippen LogP contribution in [0.4, 0.5) is 11.4 Å². The van der Waals surface area contributed by atoms with E-state index in [1.807, 2.05) is 61.4 Å². The first-order valence-corrected chi connectivity index (χ1v) is 11.3. The third-order valence-corrected chi connectivity index (χ3v) is 5.81. The Hall–Kier alpha value is -4.40. The monoisotopic (exact) mass is 469 g/mol. The van der Waals surface area contributed by atoms with E-state index in [-0.39, 0.29) is 0 Å². The van der Waals surface area contributed by atoms with Crippen LogP contribution in [0.25, 0.3) is 22.3 Å². The molecule has 3 heterocycles. The van der Waals surface area contributed by atoms with Crippen molar-refractivity contribution < 1.29 is 9.47 Å². The molecule has 0 aliphatic rings. The van der Waals surface area contributed by atoms with Gasteiger partial charge in [-0.25, -0.2) is 4.98 Å². The maximum absolute atomic E-state index is 5.53. The molecule has 5 rings (SSSR count). The Labute approximate surface area is 203 Å². The zero-order chi connectivity index (χ0) is 24.4. The number of methoxy groups -OCH3 is 2. The van der Waals surface area contributed by atoms with E-state index in [9.17, 15) is 0 Å². The van der Waals surface area contributed by atoms with E-state index in [1.165, 1.54) is 0 Å². The van der Waals surface area contributed by atoms with Gasteiger partial charge in [-0.15, -0.1) is 0 Å². The fraction of sp³-hybridized carbons (Fsp3) is 0.231. The van der Waals surface area contributed by atoms with Crippen LogP contribution >= 0.6 is 0 Å². The Morgan fingerprint density at radius 3 is 2.37 bits per heavy atom. The fourth-order valence-electron chi connectivity index (χ4n) is 4.01. The molecule has 35 heavy (non-hydrogen) atoms. The van der Waals surface area contributed by atoms with Gasteiger partial charge in [0.15, 0.2) is 0 Å². The minimum Gasteiger partial charge on any atom is -0.497 e. The molecule has 0 saturated heterocycles. The zero-order valence-corrected chi connectivity index (χ0v) is 20.2. The number of anilines is 2. The molecule has 9 nitrogen and oxygen atoms in total. The molecule has 3 aromatic heterocycles. The number of rotatable bonds is 8. The summed E-state index contributed by atoms with van der Waals surface area (Å²) >= 11 is 0. The largest absolute Gasteiger partial charge is 0.497 e. The number of fused-ring (bicyclic) bond motifs is 1. The average molecular weight is 470 g/mol. The van der Waals surface area contributed by atoms with Gasteiger partial charge in [-0.05, 0) is 31.2 Å². The highest BCUT2D eigenvalue weighted by Crippen LogP contribution is 2.34. The van der Waals surface area contributed by atoms with Crippen molar-refractivity contribution in [3.63, 3.8) is 0 Å². The molecular weight excluding hydrogens is 442 g/mol. The Kier molecular flexibility index (Phi) is 6.05. The molecule has 0 atom stereocenters. The SMILES string of the molecule is COc1cc(OC)cc(N(CCn2ccc(C)n2)c2ccc3ncc(-c4cnn(C)c4)nc3c2)c1. The molecular formula is C26H27N7O2. The second-order valence-corrected chi connectivity index (χ2v) is 8.27.